The van der Waals surface area contributed by atoms with Gasteiger partial charge in [-0.15, -0.1) is 0 Å². The highest BCUT2D eigenvalue weighted by Gasteiger charge is 2.43. The van der Waals surface area contributed by atoms with Crippen LogP contribution >= 0.6 is 0 Å². The Morgan fingerprint density at radius 2 is 2.16 bits per heavy atom. The van der Waals surface area contributed by atoms with Gasteiger partial charge in [0.15, 0.2) is 0 Å². The topological polar surface area (TPSA) is 41.6 Å². The maximum Gasteiger partial charge on any atom is 0.410 e. The standard InChI is InChI=1S/C15H22N2O2/c1-15(8-10-16-2)9-11-17(15)14(18)19-12-13-6-4-3-5-7-13/h3-7,16H,8-12H2,1-2H3/t15-/m1/s1. The molecule has 1 heterocycles. The van der Waals surface area contributed by atoms with Crippen LogP contribution in [0.1, 0.15) is 25.3 Å². The predicted molar refractivity (Wildman–Crippen MR) is 74.9 cm³/mol. The van der Waals surface area contributed by atoms with Gasteiger partial charge in [-0.25, -0.2) is 4.79 Å². The van der Waals surface area contributed by atoms with Crippen molar-refractivity contribution in [1.29, 1.82) is 0 Å². The molecule has 1 aliphatic heterocycles. The molecule has 4 nitrogen and oxygen atoms in total. The maximum atomic E-state index is 12.1. The second-order valence-corrected chi connectivity index (χ2v) is 5.29. The summed E-state index contributed by atoms with van der Waals surface area (Å²) in [6.07, 6.45) is 1.81. The molecular weight excluding hydrogens is 240 g/mol. The van der Waals surface area contributed by atoms with Crippen molar-refractivity contribution >= 4 is 6.09 Å². The Morgan fingerprint density at radius 3 is 2.74 bits per heavy atom. The fourth-order valence-corrected chi connectivity index (χ4v) is 2.37. The second kappa shape index (κ2) is 6.06. The molecule has 0 unspecified atom stereocenters. The van der Waals surface area contributed by atoms with Crippen molar-refractivity contribution in [2.45, 2.75) is 31.9 Å². The molecule has 1 atom stereocenters. The first-order chi connectivity index (χ1) is 9.15. The lowest BCUT2D eigenvalue weighted by Gasteiger charge is -2.49. The first kappa shape index (κ1) is 13.9. The molecule has 0 aliphatic carbocycles. The Labute approximate surface area is 114 Å². The van der Waals surface area contributed by atoms with Crippen LogP contribution in [0.4, 0.5) is 4.79 Å². The Kier molecular flexibility index (Phi) is 4.43. The van der Waals surface area contributed by atoms with Gasteiger partial charge >= 0.3 is 6.09 Å². The van der Waals surface area contributed by atoms with Gasteiger partial charge in [-0.05, 0) is 38.9 Å². The molecule has 0 aromatic heterocycles. The van der Waals surface area contributed by atoms with E-state index >= 15 is 0 Å². The van der Waals surface area contributed by atoms with Crippen LogP contribution < -0.4 is 5.32 Å². The zero-order chi connectivity index (χ0) is 13.7. The number of rotatable bonds is 5. The number of carbonyl (C=O) groups is 1. The highest BCUT2D eigenvalue weighted by Crippen LogP contribution is 2.33. The van der Waals surface area contributed by atoms with E-state index in [0.717, 1.165) is 31.5 Å². The van der Waals surface area contributed by atoms with Gasteiger partial charge in [0, 0.05) is 12.1 Å². The lowest BCUT2D eigenvalue weighted by atomic mass is 9.84. The van der Waals surface area contributed by atoms with E-state index in [9.17, 15) is 4.79 Å². The molecule has 1 fully saturated rings. The van der Waals surface area contributed by atoms with Crippen LogP contribution in [0.5, 0.6) is 0 Å². The summed E-state index contributed by atoms with van der Waals surface area (Å²) in [5.74, 6) is 0. The van der Waals surface area contributed by atoms with Gasteiger partial charge in [0.1, 0.15) is 6.61 Å². The average Bonchev–Trinajstić information content (AvgIpc) is 2.42. The van der Waals surface area contributed by atoms with Crippen molar-refractivity contribution in [1.82, 2.24) is 10.2 Å². The van der Waals surface area contributed by atoms with E-state index in [2.05, 4.69) is 12.2 Å². The van der Waals surface area contributed by atoms with Crippen molar-refractivity contribution in [3.8, 4) is 0 Å². The smallest absolute Gasteiger partial charge is 0.410 e. The van der Waals surface area contributed by atoms with Crippen molar-refractivity contribution < 1.29 is 9.53 Å². The van der Waals surface area contributed by atoms with Crippen LogP contribution in [-0.4, -0.2) is 36.7 Å². The van der Waals surface area contributed by atoms with E-state index in [0.29, 0.717) is 6.61 Å². The van der Waals surface area contributed by atoms with Crippen LogP contribution in [0.25, 0.3) is 0 Å². The lowest BCUT2D eigenvalue weighted by Crippen LogP contribution is -2.61. The fourth-order valence-electron chi connectivity index (χ4n) is 2.37. The van der Waals surface area contributed by atoms with E-state index in [-0.39, 0.29) is 11.6 Å². The zero-order valence-electron chi connectivity index (χ0n) is 11.7. The van der Waals surface area contributed by atoms with Crippen molar-refractivity contribution in [2.75, 3.05) is 20.1 Å². The Morgan fingerprint density at radius 1 is 1.42 bits per heavy atom. The third-order valence-corrected chi connectivity index (χ3v) is 3.86. The van der Waals surface area contributed by atoms with Crippen LogP contribution in [-0.2, 0) is 11.3 Å². The molecule has 1 aromatic rings. The summed E-state index contributed by atoms with van der Waals surface area (Å²) in [5, 5.41) is 3.13. The summed E-state index contributed by atoms with van der Waals surface area (Å²) in [4.78, 5) is 13.9. The van der Waals surface area contributed by atoms with Gasteiger partial charge in [-0.1, -0.05) is 30.3 Å². The molecule has 1 N–H and O–H groups in total. The molecule has 0 saturated carbocycles. The first-order valence-corrected chi connectivity index (χ1v) is 6.79. The van der Waals surface area contributed by atoms with E-state index in [1.54, 1.807) is 0 Å². The average molecular weight is 262 g/mol. The molecule has 4 heteroatoms. The third-order valence-electron chi connectivity index (χ3n) is 3.86. The number of benzene rings is 1. The minimum Gasteiger partial charge on any atom is -0.445 e. The molecule has 0 spiro atoms. The quantitative estimate of drug-likeness (QED) is 0.886. The SMILES string of the molecule is CNCC[C@]1(C)CCN1C(=O)OCc1ccccc1. The number of ether oxygens (including phenoxy) is 1. The van der Waals surface area contributed by atoms with E-state index in [1.165, 1.54) is 0 Å². The molecule has 1 aliphatic rings. The Balaban J connectivity index is 1.83. The summed E-state index contributed by atoms with van der Waals surface area (Å²) in [6, 6.07) is 9.77. The molecule has 104 valence electrons. The largest absolute Gasteiger partial charge is 0.445 e. The van der Waals surface area contributed by atoms with Gasteiger partial charge in [-0.2, -0.15) is 0 Å². The maximum absolute atomic E-state index is 12.1. The monoisotopic (exact) mass is 262 g/mol. The number of hydrogen-bond donors (Lipinski definition) is 1. The predicted octanol–water partition coefficient (Wildman–Crippen LogP) is 2.40. The summed E-state index contributed by atoms with van der Waals surface area (Å²) in [6.45, 7) is 4.18. The highest BCUT2D eigenvalue weighted by atomic mass is 16.6. The van der Waals surface area contributed by atoms with Gasteiger partial charge in [0.25, 0.3) is 0 Å². The molecule has 1 saturated heterocycles. The summed E-state index contributed by atoms with van der Waals surface area (Å²) in [5.41, 5.74) is 0.977. The normalized spacial score (nSPS) is 21.9. The summed E-state index contributed by atoms with van der Waals surface area (Å²) >= 11 is 0. The zero-order valence-corrected chi connectivity index (χ0v) is 11.7. The second-order valence-electron chi connectivity index (χ2n) is 5.29. The summed E-state index contributed by atoms with van der Waals surface area (Å²) in [7, 11) is 1.93. The minimum absolute atomic E-state index is 0.0449. The number of nitrogens with one attached hydrogen (secondary N) is 1. The third kappa shape index (κ3) is 3.26. The van der Waals surface area contributed by atoms with Crippen molar-refractivity contribution in [3.63, 3.8) is 0 Å². The molecule has 1 amide bonds. The van der Waals surface area contributed by atoms with Crippen LogP contribution in [0.3, 0.4) is 0 Å². The van der Waals surface area contributed by atoms with Gasteiger partial charge in [0.2, 0.25) is 0 Å². The number of hydrogen-bond acceptors (Lipinski definition) is 3. The minimum atomic E-state index is -0.200. The van der Waals surface area contributed by atoms with E-state index in [1.807, 2.05) is 42.3 Å². The highest BCUT2D eigenvalue weighted by molar-refractivity contribution is 5.70. The molecule has 1 aromatic carbocycles. The lowest BCUT2D eigenvalue weighted by molar-refractivity contribution is -0.0108. The van der Waals surface area contributed by atoms with Crippen LogP contribution in [0, 0.1) is 0 Å². The van der Waals surface area contributed by atoms with E-state index in [4.69, 9.17) is 4.74 Å². The van der Waals surface area contributed by atoms with Crippen LogP contribution in [0.15, 0.2) is 30.3 Å². The molecule has 19 heavy (non-hydrogen) atoms. The molecule has 2 rings (SSSR count). The van der Waals surface area contributed by atoms with Crippen molar-refractivity contribution in [2.24, 2.45) is 0 Å². The molecular formula is C15H22N2O2. The summed E-state index contributed by atoms with van der Waals surface area (Å²) < 4.78 is 5.37. The fraction of sp³-hybridized carbons (Fsp3) is 0.533. The Hall–Kier alpha value is -1.55. The van der Waals surface area contributed by atoms with Crippen molar-refractivity contribution in [3.05, 3.63) is 35.9 Å². The number of likely N-dealkylation sites (tertiary alicyclic amines) is 1. The van der Waals surface area contributed by atoms with Crippen LogP contribution in [0.2, 0.25) is 0 Å². The van der Waals surface area contributed by atoms with Gasteiger partial charge in [0.05, 0.1) is 0 Å². The van der Waals surface area contributed by atoms with Gasteiger partial charge < -0.3 is 15.0 Å². The molecule has 0 radical (unpaired) electrons. The number of nitrogens with zero attached hydrogens (tertiary/aromatic N) is 1. The first-order valence-electron chi connectivity index (χ1n) is 6.79. The van der Waals surface area contributed by atoms with E-state index < -0.39 is 0 Å². The molecule has 0 bridgehead atoms. The van der Waals surface area contributed by atoms with Gasteiger partial charge in [-0.3, -0.25) is 0 Å². The Bertz CT molecular complexity index is 421. The number of carbonyl (C=O) groups excluding carboxylic acids is 1. The number of amides is 1.